The Hall–Kier alpha value is -1.74. The van der Waals surface area contributed by atoms with E-state index in [1.165, 1.54) is 21.2 Å². The highest BCUT2D eigenvalue weighted by atomic mass is 32.2. The summed E-state index contributed by atoms with van der Waals surface area (Å²) < 4.78 is 27.5. The molecule has 156 valence electrons. The number of hydrogen-bond acceptors (Lipinski definition) is 5. The zero-order valence-electron chi connectivity index (χ0n) is 16.4. The minimum absolute atomic E-state index is 0.107. The summed E-state index contributed by atoms with van der Waals surface area (Å²) in [5.74, 6) is -0.130. The summed E-state index contributed by atoms with van der Waals surface area (Å²) in [7, 11) is -3.49. The SMILES string of the molecule is O=C([C@@H]1CCCN(S(=O)(=O)c2cccs2)C1)N1CCN(Cc2ccccc2)CC1. The fourth-order valence-corrected chi connectivity index (χ4v) is 6.79. The molecular weight excluding hydrogens is 406 g/mol. The third-order valence-corrected chi connectivity index (χ3v) is 8.99. The molecule has 0 bridgehead atoms. The number of thiophene rings is 1. The molecule has 0 spiro atoms. The van der Waals surface area contributed by atoms with E-state index in [0.717, 1.165) is 32.5 Å². The fraction of sp³-hybridized carbons (Fsp3) is 0.476. The average molecular weight is 434 g/mol. The van der Waals surface area contributed by atoms with Crippen LogP contribution in [0.4, 0.5) is 0 Å². The van der Waals surface area contributed by atoms with Crippen LogP contribution in [0.2, 0.25) is 0 Å². The van der Waals surface area contributed by atoms with Crippen LogP contribution in [0.3, 0.4) is 0 Å². The first kappa shape index (κ1) is 20.5. The Morgan fingerprint density at radius 1 is 1.00 bits per heavy atom. The van der Waals surface area contributed by atoms with Gasteiger partial charge in [-0.3, -0.25) is 9.69 Å². The van der Waals surface area contributed by atoms with Crippen LogP contribution >= 0.6 is 11.3 Å². The first-order valence-corrected chi connectivity index (χ1v) is 12.4. The van der Waals surface area contributed by atoms with Gasteiger partial charge in [-0.2, -0.15) is 4.31 Å². The van der Waals surface area contributed by atoms with Crippen molar-refractivity contribution in [3.8, 4) is 0 Å². The first-order valence-electron chi connectivity index (χ1n) is 10.1. The molecule has 1 aromatic heterocycles. The van der Waals surface area contributed by atoms with Crippen molar-refractivity contribution >= 4 is 27.3 Å². The molecule has 29 heavy (non-hydrogen) atoms. The number of hydrogen-bond donors (Lipinski definition) is 0. The monoisotopic (exact) mass is 433 g/mol. The molecule has 4 rings (SSSR count). The van der Waals surface area contributed by atoms with Crippen LogP contribution in [0, 0.1) is 5.92 Å². The van der Waals surface area contributed by atoms with Crippen LogP contribution < -0.4 is 0 Å². The van der Waals surface area contributed by atoms with E-state index in [1.54, 1.807) is 17.5 Å². The minimum atomic E-state index is -3.49. The summed E-state index contributed by atoms with van der Waals surface area (Å²) in [4.78, 5) is 17.4. The zero-order chi connectivity index (χ0) is 20.3. The smallest absolute Gasteiger partial charge is 0.252 e. The second-order valence-corrected chi connectivity index (χ2v) is 10.8. The summed E-state index contributed by atoms with van der Waals surface area (Å²) in [6, 6.07) is 13.8. The summed E-state index contributed by atoms with van der Waals surface area (Å²) in [6.45, 7) is 4.81. The standard InChI is InChI=1S/C21H27N3O3S2/c25-21(23-13-11-22(12-14-23)16-18-6-2-1-3-7-18)19-8-4-10-24(17-19)29(26,27)20-9-5-15-28-20/h1-3,5-7,9,15,19H,4,8,10-14,16-17H2/t19-/m1/s1. The maximum Gasteiger partial charge on any atom is 0.252 e. The van der Waals surface area contributed by atoms with Crippen molar-refractivity contribution in [3.05, 3.63) is 53.4 Å². The van der Waals surface area contributed by atoms with Gasteiger partial charge in [-0.25, -0.2) is 8.42 Å². The number of sulfonamides is 1. The van der Waals surface area contributed by atoms with Crippen LogP contribution in [0.5, 0.6) is 0 Å². The molecule has 0 aliphatic carbocycles. The second kappa shape index (κ2) is 8.95. The zero-order valence-corrected chi connectivity index (χ0v) is 18.1. The van der Waals surface area contributed by atoms with E-state index in [0.29, 0.717) is 30.4 Å². The molecule has 0 unspecified atom stereocenters. The number of rotatable bonds is 5. The molecule has 0 N–H and O–H groups in total. The van der Waals surface area contributed by atoms with Gasteiger partial charge in [0.05, 0.1) is 5.92 Å². The molecule has 8 heteroatoms. The van der Waals surface area contributed by atoms with Gasteiger partial charge in [0, 0.05) is 45.8 Å². The molecule has 2 saturated heterocycles. The number of nitrogens with zero attached hydrogens (tertiary/aromatic N) is 3. The van der Waals surface area contributed by atoms with E-state index >= 15 is 0 Å². The Labute approximate surface area is 176 Å². The van der Waals surface area contributed by atoms with Crippen molar-refractivity contribution in [3.63, 3.8) is 0 Å². The van der Waals surface area contributed by atoms with Crippen molar-refractivity contribution in [2.75, 3.05) is 39.3 Å². The predicted molar refractivity (Wildman–Crippen MR) is 114 cm³/mol. The molecule has 1 amide bonds. The normalized spacial score (nSPS) is 21.9. The molecule has 0 saturated carbocycles. The number of carbonyl (C=O) groups excluding carboxylic acids is 1. The maximum absolute atomic E-state index is 13.1. The van der Waals surface area contributed by atoms with E-state index in [-0.39, 0.29) is 11.8 Å². The highest BCUT2D eigenvalue weighted by Gasteiger charge is 2.36. The van der Waals surface area contributed by atoms with Gasteiger partial charge in [-0.1, -0.05) is 36.4 Å². The van der Waals surface area contributed by atoms with Crippen LogP contribution in [-0.2, 0) is 21.4 Å². The Bertz CT molecular complexity index is 908. The Morgan fingerprint density at radius 2 is 1.76 bits per heavy atom. The second-order valence-electron chi connectivity index (χ2n) is 7.72. The van der Waals surface area contributed by atoms with E-state index < -0.39 is 10.0 Å². The number of piperidine rings is 1. The van der Waals surface area contributed by atoms with Crippen molar-refractivity contribution in [1.82, 2.24) is 14.1 Å². The van der Waals surface area contributed by atoms with Crippen LogP contribution in [0.15, 0.2) is 52.1 Å². The van der Waals surface area contributed by atoms with Gasteiger partial charge in [-0.05, 0) is 29.9 Å². The summed E-state index contributed by atoms with van der Waals surface area (Å²) in [6.07, 6.45) is 1.49. The third kappa shape index (κ3) is 4.71. The highest BCUT2D eigenvalue weighted by Crippen LogP contribution is 2.27. The topological polar surface area (TPSA) is 60.9 Å². The quantitative estimate of drug-likeness (QED) is 0.727. The van der Waals surface area contributed by atoms with Gasteiger partial charge in [0.2, 0.25) is 5.91 Å². The van der Waals surface area contributed by atoms with Crippen LogP contribution in [0.25, 0.3) is 0 Å². The summed E-state index contributed by atoms with van der Waals surface area (Å²) in [5, 5.41) is 1.77. The molecule has 2 aliphatic heterocycles. The minimum Gasteiger partial charge on any atom is -0.340 e. The lowest BCUT2D eigenvalue weighted by atomic mass is 9.97. The fourth-order valence-electron chi connectivity index (χ4n) is 4.13. The lowest BCUT2D eigenvalue weighted by molar-refractivity contribution is -0.138. The number of carbonyl (C=O) groups is 1. The van der Waals surface area contributed by atoms with Crippen LogP contribution in [-0.4, -0.2) is 67.7 Å². The predicted octanol–water partition coefficient (Wildman–Crippen LogP) is 2.49. The molecular formula is C21H27N3O3S2. The lowest BCUT2D eigenvalue weighted by Gasteiger charge is -2.38. The van der Waals surface area contributed by atoms with Crippen molar-refractivity contribution in [2.45, 2.75) is 23.6 Å². The third-order valence-electron chi connectivity index (χ3n) is 5.76. The van der Waals surface area contributed by atoms with Gasteiger partial charge in [0.25, 0.3) is 10.0 Å². The van der Waals surface area contributed by atoms with Gasteiger partial charge in [-0.15, -0.1) is 11.3 Å². The first-order chi connectivity index (χ1) is 14.0. The lowest BCUT2D eigenvalue weighted by Crippen LogP contribution is -2.52. The summed E-state index contributed by atoms with van der Waals surface area (Å²) in [5.41, 5.74) is 1.29. The molecule has 3 heterocycles. The van der Waals surface area contributed by atoms with Gasteiger partial charge >= 0.3 is 0 Å². The largest absolute Gasteiger partial charge is 0.340 e. The average Bonchev–Trinajstić information content (AvgIpc) is 3.31. The van der Waals surface area contributed by atoms with Crippen molar-refractivity contribution in [2.24, 2.45) is 5.92 Å². The van der Waals surface area contributed by atoms with Crippen molar-refractivity contribution < 1.29 is 13.2 Å². The number of piperazine rings is 1. The summed E-state index contributed by atoms with van der Waals surface area (Å²) >= 11 is 1.23. The Morgan fingerprint density at radius 3 is 2.45 bits per heavy atom. The van der Waals surface area contributed by atoms with E-state index in [1.807, 2.05) is 23.1 Å². The number of amides is 1. The number of benzene rings is 1. The van der Waals surface area contributed by atoms with Gasteiger partial charge in [0.1, 0.15) is 4.21 Å². The molecule has 2 fully saturated rings. The molecule has 2 aromatic rings. The molecule has 2 aliphatic rings. The van der Waals surface area contributed by atoms with E-state index in [4.69, 9.17) is 0 Å². The van der Waals surface area contributed by atoms with Crippen LogP contribution in [0.1, 0.15) is 18.4 Å². The van der Waals surface area contributed by atoms with E-state index in [2.05, 4.69) is 17.0 Å². The highest BCUT2D eigenvalue weighted by molar-refractivity contribution is 7.91. The molecule has 1 aromatic carbocycles. The molecule has 1 atom stereocenters. The van der Waals surface area contributed by atoms with Crippen molar-refractivity contribution in [1.29, 1.82) is 0 Å². The Kier molecular flexibility index (Phi) is 6.34. The van der Waals surface area contributed by atoms with Gasteiger partial charge in [0.15, 0.2) is 0 Å². The molecule has 6 nitrogen and oxygen atoms in total. The maximum atomic E-state index is 13.1. The van der Waals surface area contributed by atoms with E-state index in [9.17, 15) is 13.2 Å². The molecule has 0 radical (unpaired) electrons. The Balaban J connectivity index is 1.33. The van der Waals surface area contributed by atoms with Gasteiger partial charge < -0.3 is 4.90 Å².